The maximum atomic E-state index is 13.7. The summed E-state index contributed by atoms with van der Waals surface area (Å²) in [6.45, 7) is 1.90. The van der Waals surface area contributed by atoms with Crippen LogP contribution in [-0.2, 0) is 6.54 Å². The second-order valence-electron chi connectivity index (χ2n) is 5.15. The number of hydrogen-bond acceptors (Lipinski definition) is 2. The molecule has 0 aliphatic rings. The summed E-state index contributed by atoms with van der Waals surface area (Å²) in [5.41, 5.74) is 7.33. The second-order valence-corrected chi connectivity index (χ2v) is 5.99. The quantitative estimate of drug-likeness (QED) is 0.631. The summed E-state index contributed by atoms with van der Waals surface area (Å²) >= 11 is 12.0. The molecule has 4 nitrogen and oxygen atoms in total. The zero-order valence-corrected chi connectivity index (χ0v) is 14.4. The van der Waals surface area contributed by atoms with E-state index in [9.17, 15) is 4.39 Å². The van der Waals surface area contributed by atoms with E-state index in [4.69, 9.17) is 34.2 Å². The van der Waals surface area contributed by atoms with Gasteiger partial charge in [0.25, 0.3) is 0 Å². The minimum Gasteiger partial charge on any atom is -0.370 e. The monoisotopic (exact) mass is 364 g/mol. The first-order chi connectivity index (χ1) is 11.4. The summed E-state index contributed by atoms with van der Waals surface area (Å²) in [7, 11) is 0. The largest absolute Gasteiger partial charge is 0.370 e. The van der Waals surface area contributed by atoms with Gasteiger partial charge < -0.3 is 11.1 Å². The minimum absolute atomic E-state index is 0.0290. The highest BCUT2D eigenvalue weighted by Crippen LogP contribution is 2.25. The van der Waals surface area contributed by atoms with E-state index in [1.54, 1.807) is 18.2 Å². The molecule has 0 aromatic heterocycles. The van der Waals surface area contributed by atoms with Gasteiger partial charge in [0.05, 0.1) is 24.2 Å². The van der Waals surface area contributed by atoms with Gasteiger partial charge in [-0.05, 0) is 42.8 Å². The molecule has 0 radical (unpaired) electrons. The average molecular weight is 365 g/mol. The average Bonchev–Trinajstić information content (AvgIpc) is 2.53. The fourth-order valence-corrected chi connectivity index (χ4v) is 2.71. The topological polar surface area (TPSA) is 74.2 Å². The lowest BCUT2D eigenvalue weighted by Gasteiger charge is -2.16. The van der Waals surface area contributed by atoms with Crippen LogP contribution in [0.2, 0.25) is 10.0 Å². The molecular weight excluding hydrogens is 350 g/mol. The molecule has 124 valence electrons. The molecule has 1 unspecified atom stereocenters. The van der Waals surface area contributed by atoms with E-state index in [2.05, 4.69) is 10.3 Å². The number of halogens is 3. The van der Waals surface area contributed by atoms with Crippen molar-refractivity contribution < 1.29 is 4.39 Å². The van der Waals surface area contributed by atoms with Crippen LogP contribution in [0, 0.1) is 17.1 Å². The molecule has 2 aromatic rings. The lowest BCUT2D eigenvalue weighted by Crippen LogP contribution is -2.34. The van der Waals surface area contributed by atoms with E-state index in [1.165, 1.54) is 18.2 Å². The zero-order chi connectivity index (χ0) is 17.7. The van der Waals surface area contributed by atoms with Gasteiger partial charge in [0.2, 0.25) is 0 Å². The molecule has 3 N–H and O–H groups in total. The van der Waals surface area contributed by atoms with Crippen molar-refractivity contribution in [2.45, 2.75) is 19.5 Å². The van der Waals surface area contributed by atoms with E-state index in [0.717, 1.165) is 5.56 Å². The Balaban J connectivity index is 2.08. The van der Waals surface area contributed by atoms with Crippen LogP contribution in [0.3, 0.4) is 0 Å². The number of benzene rings is 2. The Hall–Kier alpha value is -2.29. The molecule has 2 aromatic carbocycles. The van der Waals surface area contributed by atoms with Gasteiger partial charge in [0, 0.05) is 15.6 Å². The van der Waals surface area contributed by atoms with Crippen LogP contribution in [0.5, 0.6) is 0 Å². The lowest BCUT2D eigenvalue weighted by atomic mass is 10.1. The summed E-state index contributed by atoms with van der Waals surface area (Å²) in [5.74, 6) is -0.283. The van der Waals surface area contributed by atoms with Crippen LogP contribution in [0.4, 0.5) is 4.39 Å². The van der Waals surface area contributed by atoms with E-state index in [0.29, 0.717) is 21.2 Å². The predicted molar refractivity (Wildman–Crippen MR) is 94.5 cm³/mol. The number of nitrogens with one attached hydrogen (secondary N) is 1. The van der Waals surface area contributed by atoms with Crippen LogP contribution < -0.4 is 11.1 Å². The van der Waals surface area contributed by atoms with Crippen LogP contribution in [-0.4, -0.2) is 5.96 Å². The highest BCUT2D eigenvalue weighted by molar-refractivity contribution is 6.35. The minimum atomic E-state index is -0.431. The van der Waals surface area contributed by atoms with Gasteiger partial charge >= 0.3 is 0 Å². The van der Waals surface area contributed by atoms with Crippen molar-refractivity contribution in [3.05, 3.63) is 69.0 Å². The first kappa shape index (κ1) is 18.1. The Labute approximate surface area is 149 Å². The third-order valence-electron chi connectivity index (χ3n) is 3.39. The Morgan fingerprint density at radius 3 is 2.75 bits per heavy atom. The molecule has 0 heterocycles. The maximum Gasteiger partial charge on any atom is 0.189 e. The molecule has 7 heteroatoms. The van der Waals surface area contributed by atoms with Crippen molar-refractivity contribution in [1.82, 2.24) is 5.32 Å². The Morgan fingerprint density at radius 1 is 1.33 bits per heavy atom. The molecule has 0 aliphatic heterocycles. The molecule has 0 fully saturated rings. The van der Waals surface area contributed by atoms with Crippen molar-refractivity contribution in [3.63, 3.8) is 0 Å². The van der Waals surface area contributed by atoms with Crippen LogP contribution in [0.15, 0.2) is 41.4 Å². The van der Waals surface area contributed by atoms with Gasteiger partial charge in [-0.25, -0.2) is 9.38 Å². The van der Waals surface area contributed by atoms with Gasteiger partial charge in [-0.2, -0.15) is 5.26 Å². The van der Waals surface area contributed by atoms with E-state index in [1.807, 2.05) is 13.0 Å². The number of nitrogens with two attached hydrogens (primary N) is 1. The molecule has 0 saturated heterocycles. The molecule has 0 spiro atoms. The molecule has 0 bridgehead atoms. The van der Waals surface area contributed by atoms with Crippen LogP contribution in [0.25, 0.3) is 0 Å². The van der Waals surface area contributed by atoms with Crippen molar-refractivity contribution in [3.8, 4) is 6.07 Å². The first-order valence-electron chi connectivity index (χ1n) is 7.10. The Kier molecular flexibility index (Phi) is 6.02. The molecular formula is C17H15Cl2FN4. The predicted octanol–water partition coefficient (Wildman–Crippen LogP) is 4.17. The molecule has 0 aliphatic carbocycles. The molecule has 1 atom stereocenters. The summed E-state index contributed by atoms with van der Waals surface area (Å²) in [6, 6.07) is 11.0. The maximum absolute atomic E-state index is 13.7. The molecule has 2 rings (SSSR count). The van der Waals surface area contributed by atoms with Crippen LogP contribution >= 0.6 is 23.2 Å². The summed E-state index contributed by atoms with van der Waals surface area (Å²) in [4.78, 5) is 4.11. The van der Waals surface area contributed by atoms with E-state index >= 15 is 0 Å². The second kappa shape index (κ2) is 8.00. The zero-order valence-electron chi connectivity index (χ0n) is 12.9. The smallest absolute Gasteiger partial charge is 0.189 e. The fraction of sp³-hybridized carbons (Fsp3) is 0.176. The third kappa shape index (κ3) is 4.60. The number of hydrogen-bond donors (Lipinski definition) is 2. The summed E-state index contributed by atoms with van der Waals surface area (Å²) in [6.07, 6.45) is 0. The van der Waals surface area contributed by atoms with Gasteiger partial charge in [-0.15, -0.1) is 0 Å². The molecule has 0 amide bonds. The number of nitrogens with zero attached hydrogens (tertiary/aromatic N) is 2. The van der Waals surface area contributed by atoms with E-state index in [-0.39, 0.29) is 18.5 Å². The first-order valence-corrected chi connectivity index (χ1v) is 7.86. The summed E-state index contributed by atoms with van der Waals surface area (Å²) < 4.78 is 13.7. The number of nitriles is 1. The fourth-order valence-electron chi connectivity index (χ4n) is 2.13. The summed E-state index contributed by atoms with van der Waals surface area (Å²) in [5, 5.41) is 12.9. The number of guanidine groups is 1. The van der Waals surface area contributed by atoms with Gasteiger partial charge in [-0.3, -0.25) is 0 Å². The highest BCUT2D eigenvalue weighted by atomic mass is 35.5. The SMILES string of the molecule is CC(NC(N)=NCc1cc(C#N)ccc1F)c1ccc(Cl)cc1Cl. The lowest BCUT2D eigenvalue weighted by molar-refractivity contribution is 0.610. The Morgan fingerprint density at radius 2 is 2.08 bits per heavy atom. The number of rotatable bonds is 4. The normalized spacial score (nSPS) is 12.5. The van der Waals surface area contributed by atoms with Gasteiger partial charge in [0.1, 0.15) is 5.82 Å². The van der Waals surface area contributed by atoms with Crippen molar-refractivity contribution in [1.29, 1.82) is 5.26 Å². The van der Waals surface area contributed by atoms with E-state index < -0.39 is 5.82 Å². The van der Waals surface area contributed by atoms with Crippen molar-refractivity contribution in [2.75, 3.05) is 0 Å². The van der Waals surface area contributed by atoms with Crippen molar-refractivity contribution >= 4 is 29.2 Å². The molecule has 0 saturated carbocycles. The standard InChI is InChI=1S/C17H15Cl2FN4/c1-10(14-4-3-13(18)7-15(14)19)24-17(22)23-9-12-6-11(8-21)2-5-16(12)20/h2-7,10H,9H2,1H3,(H3,22,23,24). The van der Waals surface area contributed by atoms with Crippen molar-refractivity contribution in [2.24, 2.45) is 10.7 Å². The van der Waals surface area contributed by atoms with Gasteiger partial charge in [0.15, 0.2) is 5.96 Å². The van der Waals surface area contributed by atoms with Crippen LogP contribution in [0.1, 0.15) is 29.7 Å². The number of aliphatic imine (C=N–C) groups is 1. The Bertz CT molecular complexity index is 815. The molecule has 24 heavy (non-hydrogen) atoms. The third-order valence-corrected chi connectivity index (χ3v) is 3.95. The highest BCUT2D eigenvalue weighted by Gasteiger charge is 2.11. The van der Waals surface area contributed by atoms with Gasteiger partial charge in [-0.1, -0.05) is 29.3 Å².